The molecule has 1 saturated heterocycles. The Kier molecular flexibility index (Phi) is 5.94. The van der Waals surface area contributed by atoms with E-state index < -0.39 is 54.1 Å². The number of benzene rings is 1. The van der Waals surface area contributed by atoms with Crippen LogP contribution in [-0.2, 0) is 9.53 Å². The standard InChI is InChI=1S/C19H18F5N3O4/c1-30-16-13(6-5-12(20)15(16)21)27-10-18(31-2,19(22,23)24)8-14(27)17(28)25-11-4-3-7-26(29)9-11/h3-7,9,14H,8,10H2,1-2H3,(H,25,28). The predicted molar refractivity (Wildman–Crippen MR) is 98.5 cm³/mol. The van der Waals surface area contributed by atoms with Crippen LogP contribution in [0.5, 0.6) is 5.75 Å². The third-order valence-corrected chi connectivity index (χ3v) is 5.12. The first-order chi connectivity index (χ1) is 14.5. The maximum atomic E-state index is 14.2. The second kappa shape index (κ2) is 8.17. The topological polar surface area (TPSA) is 77.7 Å². The van der Waals surface area contributed by atoms with Gasteiger partial charge in [0.1, 0.15) is 11.7 Å². The van der Waals surface area contributed by atoms with Crippen LogP contribution in [0.2, 0.25) is 0 Å². The summed E-state index contributed by atoms with van der Waals surface area (Å²) in [6, 6.07) is 2.95. The molecule has 0 spiro atoms. The fraction of sp³-hybridized carbons (Fsp3) is 0.368. The van der Waals surface area contributed by atoms with Gasteiger partial charge >= 0.3 is 6.18 Å². The van der Waals surface area contributed by atoms with Crippen LogP contribution >= 0.6 is 0 Å². The molecule has 1 aliphatic rings. The number of pyridine rings is 1. The lowest BCUT2D eigenvalue weighted by Gasteiger charge is -2.31. The van der Waals surface area contributed by atoms with Crippen LogP contribution in [0.4, 0.5) is 33.3 Å². The monoisotopic (exact) mass is 447 g/mol. The molecule has 2 aromatic rings. The summed E-state index contributed by atoms with van der Waals surface area (Å²) in [5, 5.41) is 13.8. The molecule has 1 aromatic carbocycles. The van der Waals surface area contributed by atoms with Crippen molar-refractivity contribution < 1.29 is 41.0 Å². The summed E-state index contributed by atoms with van der Waals surface area (Å²) < 4.78 is 79.5. The van der Waals surface area contributed by atoms with Gasteiger partial charge in [-0.05, 0) is 18.2 Å². The molecule has 0 bridgehead atoms. The summed E-state index contributed by atoms with van der Waals surface area (Å²) in [6.07, 6.45) is -3.53. The quantitative estimate of drug-likeness (QED) is 0.433. The highest BCUT2D eigenvalue weighted by Crippen LogP contribution is 2.47. The number of carbonyl (C=O) groups is 1. The Bertz CT molecular complexity index is 988. The number of amides is 1. The molecule has 2 atom stereocenters. The molecule has 2 unspecified atom stereocenters. The van der Waals surface area contributed by atoms with E-state index in [4.69, 9.17) is 9.47 Å². The SMILES string of the molecule is COc1c(N2CC(OC)(C(F)(F)F)CC2C(=O)Nc2ccc[n+]([O-])c2)ccc(F)c1F. The minimum absolute atomic E-state index is 0.0432. The Morgan fingerprint density at radius 3 is 2.58 bits per heavy atom. The Morgan fingerprint density at radius 1 is 1.29 bits per heavy atom. The van der Waals surface area contributed by atoms with Gasteiger partial charge < -0.3 is 24.9 Å². The summed E-state index contributed by atoms with van der Waals surface area (Å²) in [6.45, 7) is -0.872. The summed E-state index contributed by atoms with van der Waals surface area (Å²) in [4.78, 5) is 13.8. The second-order valence-corrected chi connectivity index (χ2v) is 6.90. The number of hydrogen-bond donors (Lipinski definition) is 1. The number of hydrogen-bond acceptors (Lipinski definition) is 5. The first-order valence-corrected chi connectivity index (χ1v) is 8.93. The van der Waals surface area contributed by atoms with Crippen molar-refractivity contribution in [1.29, 1.82) is 0 Å². The number of carbonyl (C=O) groups excluding carboxylic acids is 1. The fourth-order valence-corrected chi connectivity index (χ4v) is 3.53. The average molecular weight is 447 g/mol. The molecule has 1 aromatic heterocycles. The number of rotatable bonds is 5. The molecule has 7 nitrogen and oxygen atoms in total. The summed E-state index contributed by atoms with van der Waals surface area (Å²) in [5.74, 6) is -4.22. The lowest BCUT2D eigenvalue weighted by atomic mass is 9.99. The van der Waals surface area contributed by atoms with Gasteiger partial charge in [-0.25, -0.2) is 4.39 Å². The van der Waals surface area contributed by atoms with E-state index >= 15 is 0 Å². The highest BCUT2D eigenvalue weighted by atomic mass is 19.4. The first kappa shape index (κ1) is 22.5. The molecule has 1 aliphatic heterocycles. The van der Waals surface area contributed by atoms with Crippen LogP contribution in [0, 0.1) is 16.8 Å². The van der Waals surface area contributed by atoms with Gasteiger partial charge in [0.25, 0.3) is 0 Å². The van der Waals surface area contributed by atoms with Crippen LogP contribution in [-0.4, -0.2) is 44.5 Å². The molecule has 0 aliphatic carbocycles. The molecule has 1 amide bonds. The number of ether oxygens (including phenoxy) is 2. The maximum absolute atomic E-state index is 14.2. The summed E-state index contributed by atoms with van der Waals surface area (Å²) in [7, 11) is 1.88. The number of halogens is 5. The number of aromatic nitrogens is 1. The van der Waals surface area contributed by atoms with Crippen molar-refractivity contribution in [2.24, 2.45) is 0 Å². The van der Waals surface area contributed by atoms with Crippen LogP contribution < -0.4 is 19.7 Å². The van der Waals surface area contributed by atoms with Gasteiger partial charge in [0.2, 0.25) is 17.9 Å². The van der Waals surface area contributed by atoms with Crippen molar-refractivity contribution in [1.82, 2.24) is 0 Å². The number of nitrogens with one attached hydrogen (secondary N) is 1. The number of methoxy groups -OCH3 is 2. The third-order valence-electron chi connectivity index (χ3n) is 5.12. The molecule has 168 valence electrons. The van der Waals surface area contributed by atoms with Gasteiger partial charge in [0.05, 0.1) is 19.3 Å². The lowest BCUT2D eigenvalue weighted by molar-refractivity contribution is -0.604. The van der Waals surface area contributed by atoms with Crippen molar-refractivity contribution >= 4 is 17.3 Å². The Hall–Kier alpha value is -3.15. The van der Waals surface area contributed by atoms with Crippen molar-refractivity contribution in [2.75, 3.05) is 31.0 Å². The minimum Gasteiger partial charge on any atom is -0.619 e. The maximum Gasteiger partial charge on any atom is 0.419 e. The van der Waals surface area contributed by atoms with Gasteiger partial charge in [-0.2, -0.15) is 22.3 Å². The zero-order chi connectivity index (χ0) is 23.0. The highest BCUT2D eigenvalue weighted by Gasteiger charge is 2.63. The zero-order valence-electron chi connectivity index (χ0n) is 16.4. The molecule has 2 heterocycles. The van der Waals surface area contributed by atoms with Gasteiger partial charge in [-0.15, -0.1) is 0 Å². The molecule has 3 rings (SSSR count). The van der Waals surface area contributed by atoms with E-state index in [9.17, 15) is 32.0 Å². The van der Waals surface area contributed by atoms with E-state index in [1.807, 2.05) is 0 Å². The van der Waals surface area contributed by atoms with E-state index in [2.05, 4.69) is 5.32 Å². The zero-order valence-corrected chi connectivity index (χ0v) is 16.4. The molecule has 0 radical (unpaired) electrons. The summed E-state index contributed by atoms with van der Waals surface area (Å²) in [5.41, 5.74) is -2.96. The molecule has 12 heteroatoms. The second-order valence-electron chi connectivity index (χ2n) is 6.90. The Labute approximate surface area is 173 Å². The van der Waals surface area contributed by atoms with Gasteiger partial charge in [-0.3, -0.25) is 4.79 Å². The van der Waals surface area contributed by atoms with Gasteiger partial charge in [-0.1, -0.05) is 0 Å². The van der Waals surface area contributed by atoms with Crippen molar-refractivity contribution in [3.8, 4) is 5.75 Å². The van der Waals surface area contributed by atoms with Gasteiger partial charge in [0, 0.05) is 19.6 Å². The van der Waals surface area contributed by atoms with Crippen LogP contribution in [0.25, 0.3) is 0 Å². The van der Waals surface area contributed by atoms with Crippen molar-refractivity contribution in [2.45, 2.75) is 24.2 Å². The largest absolute Gasteiger partial charge is 0.619 e. The summed E-state index contributed by atoms with van der Waals surface area (Å²) >= 11 is 0. The molecule has 1 N–H and O–H groups in total. The number of nitrogens with zero attached hydrogens (tertiary/aromatic N) is 2. The molecule has 31 heavy (non-hydrogen) atoms. The normalized spacial score (nSPS) is 21.3. The highest BCUT2D eigenvalue weighted by molar-refractivity contribution is 5.97. The van der Waals surface area contributed by atoms with E-state index in [0.717, 1.165) is 43.6 Å². The van der Waals surface area contributed by atoms with E-state index in [-0.39, 0.29) is 11.4 Å². The molecular weight excluding hydrogens is 429 g/mol. The number of alkyl halides is 3. The Balaban J connectivity index is 2.05. The van der Waals surface area contributed by atoms with E-state index in [1.165, 1.54) is 12.1 Å². The fourth-order valence-electron chi connectivity index (χ4n) is 3.53. The van der Waals surface area contributed by atoms with Crippen molar-refractivity contribution in [3.05, 3.63) is 53.5 Å². The minimum atomic E-state index is -4.87. The van der Waals surface area contributed by atoms with E-state index in [0.29, 0.717) is 4.73 Å². The molecular formula is C19H18F5N3O4. The smallest absolute Gasteiger partial charge is 0.419 e. The van der Waals surface area contributed by atoms with Crippen LogP contribution in [0.3, 0.4) is 0 Å². The van der Waals surface area contributed by atoms with E-state index in [1.54, 1.807) is 0 Å². The predicted octanol–water partition coefficient (Wildman–Crippen LogP) is 2.77. The van der Waals surface area contributed by atoms with Crippen molar-refractivity contribution in [3.63, 3.8) is 0 Å². The number of anilines is 2. The Morgan fingerprint density at radius 2 is 2.00 bits per heavy atom. The first-order valence-electron chi connectivity index (χ1n) is 8.93. The molecule has 0 saturated carbocycles. The third kappa shape index (κ3) is 4.07. The average Bonchev–Trinajstić information content (AvgIpc) is 3.11. The lowest BCUT2D eigenvalue weighted by Crippen LogP contribution is -2.49. The molecule has 1 fully saturated rings. The van der Waals surface area contributed by atoms with Crippen LogP contribution in [0.15, 0.2) is 36.7 Å². The van der Waals surface area contributed by atoms with Gasteiger partial charge in [0.15, 0.2) is 23.4 Å². The van der Waals surface area contributed by atoms with Crippen LogP contribution in [0.1, 0.15) is 6.42 Å².